The van der Waals surface area contributed by atoms with E-state index < -0.39 is 0 Å². The van der Waals surface area contributed by atoms with E-state index in [0.29, 0.717) is 13.0 Å². The van der Waals surface area contributed by atoms with Gasteiger partial charge in [-0.15, -0.1) is 0 Å². The van der Waals surface area contributed by atoms with Gasteiger partial charge in [-0.2, -0.15) is 0 Å². The van der Waals surface area contributed by atoms with Crippen LogP contribution in [-0.2, 0) is 4.79 Å². The van der Waals surface area contributed by atoms with E-state index in [1.807, 2.05) is 75.4 Å². The highest BCUT2D eigenvalue weighted by Gasteiger charge is 2.12. The molecule has 2 rings (SSSR count). The minimum Gasteiger partial charge on any atom is -0.457 e. The fourth-order valence-corrected chi connectivity index (χ4v) is 2.07. The Morgan fingerprint density at radius 2 is 1.57 bits per heavy atom. The lowest BCUT2D eigenvalue weighted by molar-refractivity contribution is -0.122. The molecule has 0 aliphatic rings. The molecule has 4 heteroatoms. The number of benzene rings is 2. The largest absolute Gasteiger partial charge is 0.457 e. The monoisotopic (exact) mass is 312 g/mol. The summed E-state index contributed by atoms with van der Waals surface area (Å²) in [6.45, 7) is 6.53. The second-order valence-electron chi connectivity index (χ2n) is 6.41. The van der Waals surface area contributed by atoms with Crippen molar-refractivity contribution < 1.29 is 9.53 Å². The summed E-state index contributed by atoms with van der Waals surface area (Å²) in [4.78, 5) is 11.7. The fourth-order valence-electron chi connectivity index (χ4n) is 2.07. The van der Waals surface area contributed by atoms with Crippen molar-refractivity contribution in [2.45, 2.75) is 32.7 Å². The number of carbonyl (C=O) groups is 1. The lowest BCUT2D eigenvalue weighted by atomic mass is 10.1. The number of anilines is 1. The smallest absolute Gasteiger partial charge is 0.222 e. The minimum atomic E-state index is -0.187. The molecule has 0 atom stereocenters. The Kier molecular flexibility index (Phi) is 5.63. The van der Waals surface area contributed by atoms with Gasteiger partial charge in [-0.1, -0.05) is 18.2 Å². The van der Waals surface area contributed by atoms with E-state index in [1.54, 1.807) is 0 Å². The number of hydrogen-bond donors (Lipinski definition) is 2. The lowest BCUT2D eigenvalue weighted by Crippen LogP contribution is -2.41. The van der Waals surface area contributed by atoms with Crippen molar-refractivity contribution >= 4 is 11.6 Å². The Morgan fingerprint density at radius 3 is 2.17 bits per heavy atom. The Labute approximate surface area is 137 Å². The molecule has 0 unspecified atom stereocenters. The fraction of sp³-hybridized carbons (Fsp3) is 0.316. The molecule has 0 heterocycles. The molecule has 0 spiro atoms. The van der Waals surface area contributed by atoms with Gasteiger partial charge in [-0.3, -0.25) is 4.79 Å². The minimum absolute atomic E-state index is 0.0500. The van der Waals surface area contributed by atoms with Crippen LogP contribution in [0.5, 0.6) is 11.5 Å². The first-order valence-corrected chi connectivity index (χ1v) is 7.80. The summed E-state index contributed by atoms with van der Waals surface area (Å²) in [6.07, 6.45) is 0.444. The summed E-state index contributed by atoms with van der Waals surface area (Å²) in [7, 11) is 0. The highest BCUT2D eigenvalue weighted by Crippen LogP contribution is 2.22. The zero-order valence-electron chi connectivity index (χ0n) is 13.9. The molecule has 2 N–H and O–H groups in total. The number of carbonyl (C=O) groups excluding carboxylic acids is 1. The van der Waals surface area contributed by atoms with E-state index >= 15 is 0 Å². The van der Waals surface area contributed by atoms with Crippen molar-refractivity contribution in [3.63, 3.8) is 0 Å². The van der Waals surface area contributed by atoms with Gasteiger partial charge < -0.3 is 15.4 Å². The van der Waals surface area contributed by atoms with Gasteiger partial charge in [0.2, 0.25) is 5.91 Å². The van der Waals surface area contributed by atoms with Gasteiger partial charge >= 0.3 is 0 Å². The van der Waals surface area contributed by atoms with Gasteiger partial charge in [0.25, 0.3) is 0 Å². The molecular weight excluding hydrogens is 288 g/mol. The van der Waals surface area contributed by atoms with Crippen molar-refractivity contribution in [2.75, 3.05) is 11.9 Å². The Hall–Kier alpha value is -2.49. The SMILES string of the molecule is CC(C)(C)NC(=O)CCNc1ccc(Oc2ccccc2)cc1. The maximum Gasteiger partial charge on any atom is 0.222 e. The summed E-state index contributed by atoms with van der Waals surface area (Å²) >= 11 is 0. The van der Waals surface area contributed by atoms with Gasteiger partial charge in [-0.05, 0) is 57.2 Å². The van der Waals surface area contributed by atoms with Crippen LogP contribution in [-0.4, -0.2) is 18.0 Å². The summed E-state index contributed by atoms with van der Waals surface area (Å²) in [5, 5.41) is 6.18. The van der Waals surface area contributed by atoms with Crippen LogP contribution in [0.4, 0.5) is 5.69 Å². The second kappa shape index (κ2) is 7.68. The highest BCUT2D eigenvalue weighted by atomic mass is 16.5. The average Bonchev–Trinajstić information content (AvgIpc) is 2.48. The van der Waals surface area contributed by atoms with Crippen molar-refractivity contribution in [3.05, 3.63) is 54.6 Å². The van der Waals surface area contributed by atoms with Crippen LogP contribution in [0.3, 0.4) is 0 Å². The third-order valence-corrected chi connectivity index (χ3v) is 3.03. The molecule has 0 bridgehead atoms. The maximum atomic E-state index is 11.7. The summed E-state index contributed by atoms with van der Waals surface area (Å²) < 4.78 is 5.74. The zero-order valence-corrected chi connectivity index (χ0v) is 13.9. The molecule has 0 saturated heterocycles. The van der Waals surface area contributed by atoms with E-state index in [4.69, 9.17) is 4.74 Å². The molecule has 0 aliphatic carbocycles. The molecule has 1 amide bonds. The number of ether oxygens (including phenoxy) is 1. The first-order valence-electron chi connectivity index (χ1n) is 7.80. The quantitative estimate of drug-likeness (QED) is 0.840. The number of amides is 1. The van der Waals surface area contributed by atoms with Crippen molar-refractivity contribution in [1.29, 1.82) is 0 Å². The first kappa shape index (κ1) is 16.9. The summed E-state index contributed by atoms with van der Waals surface area (Å²) in [5.74, 6) is 1.65. The van der Waals surface area contributed by atoms with Crippen molar-refractivity contribution in [2.24, 2.45) is 0 Å². The summed E-state index contributed by atoms with van der Waals surface area (Å²) in [5.41, 5.74) is 0.780. The van der Waals surface area contributed by atoms with Crippen LogP contribution in [0.15, 0.2) is 54.6 Å². The lowest BCUT2D eigenvalue weighted by Gasteiger charge is -2.20. The van der Waals surface area contributed by atoms with Gasteiger partial charge in [-0.25, -0.2) is 0 Å². The summed E-state index contributed by atoms with van der Waals surface area (Å²) in [6, 6.07) is 17.4. The predicted molar refractivity (Wildman–Crippen MR) is 94.0 cm³/mol. The zero-order chi connectivity index (χ0) is 16.7. The van der Waals surface area contributed by atoms with Gasteiger partial charge in [0.15, 0.2) is 0 Å². The average molecular weight is 312 g/mol. The third kappa shape index (κ3) is 6.43. The Balaban J connectivity index is 1.78. The molecule has 122 valence electrons. The van der Waals surface area contributed by atoms with Crippen LogP contribution in [0.1, 0.15) is 27.2 Å². The number of nitrogens with one attached hydrogen (secondary N) is 2. The molecule has 0 aromatic heterocycles. The predicted octanol–water partition coefficient (Wildman–Crippen LogP) is 4.20. The van der Waals surface area contributed by atoms with Crippen molar-refractivity contribution in [1.82, 2.24) is 5.32 Å². The van der Waals surface area contributed by atoms with E-state index in [9.17, 15) is 4.79 Å². The van der Waals surface area contributed by atoms with E-state index in [2.05, 4.69) is 10.6 Å². The Morgan fingerprint density at radius 1 is 0.957 bits per heavy atom. The molecule has 0 fully saturated rings. The molecule has 23 heavy (non-hydrogen) atoms. The van der Waals surface area contributed by atoms with E-state index in [1.165, 1.54) is 0 Å². The van der Waals surface area contributed by atoms with Crippen LogP contribution in [0, 0.1) is 0 Å². The van der Waals surface area contributed by atoms with E-state index in [-0.39, 0.29) is 11.4 Å². The normalized spacial score (nSPS) is 10.9. The van der Waals surface area contributed by atoms with Crippen LogP contribution < -0.4 is 15.4 Å². The molecular formula is C19H24N2O2. The molecule has 0 radical (unpaired) electrons. The van der Waals surface area contributed by atoms with Gasteiger partial charge in [0, 0.05) is 24.2 Å². The van der Waals surface area contributed by atoms with Crippen LogP contribution >= 0.6 is 0 Å². The first-order chi connectivity index (χ1) is 10.9. The van der Waals surface area contributed by atoms with Crippen LogP contribution in [0.25, 0.3) is 0 Å². The third-order valence-electron chi connectivity index (χ3n) is 3.03. The Bertz CT molecular complexity index is 616. The molecule has 2 aromatic carbocycles. The number of rotatable bonds is 6. The van der Waals surface area contributed by atoms with E-state index in [0.717, 1.165) is 17.2 Å². The maximum absolute atomic E-state index is 11.7. The molecule has 2 aromatic rings. The van der Waals surface area contributed by atoms with Gasteiger partial charge in [0.1, 0.15) is 11.5 Å². The number of hydrogen-bond acceptors (Lipinski definition) is 3. The molecule has 0 saturated carbocycles. The highest BCUT2D eigenvalue weighted by molar-refractivity contribution is 5.77. The second-order valence-corrected chi connectivity index (χ2v) is 6.41. The van der Waals surface area contributed by atoms with Crippen molar-refractivity contribution in [3.8, 4) is 11.5 Å². The van der Waals surface area contributed by atoms with Gasteiger partial charge in [0.05, 0.1) is 0 Å². The van der Waals surface area contributed by atoms with Crippen LogP contribution in [0.2, 0.25) is 0 Å². The molecule has 4 nitrogen and oxygen atoms in total. The number of para-hydroxylation sites is 1. The topological polar surface area (TPSA) is 50.4 Å². The standard InChI is InChI=1S/C19H24N2O2/c1-19(2,3)21-18(22)13-14-20-15-9-11-17(12-10-15)23-16-7-5-4-6-8-16/h4-12,20H,13-14H2,1-3H3,(H,21,22). The molecule has 0 aliphatic heterocycles.